The molecule has 1 fully saturated rings. The van der Waals surface area contributed by atoms with Crippen LogP contribution in [-0.4, -0.2) is 50.3 Å². The standard InChI is InChI=1S/C14H18BrN3O2S/c1-3-4-17-5-7-18(8-6-17)21(19,20)14-10-13(16)12(15)9-11(14)2/h1,9-10H,4-8,16H2,2H3. The number of aryl methyl sites for hydroxylation is 1. The van der Waals surface area contributed by atoms with Crippen molar-refractivity contribution in [3.8, 4) is 12.3 Å². The lowest BCUT2D eigenvalue weighted by atomic mass is 10.2. The number of nitrogens with zero attached hydrogens (tertiary/aromatic N) is 2. The van der Waals surface area contributed by atoms with E-state index in [1.165, 1.54) is 10.4 Å². The minimum Gasteiger partial charge on any atom is -0.398 e. The summed E-state index contributed by atoms with van der Waals surface area (Å²) in [6.45, 7) is 4.51. The van der Waals surface area contributed by atoms with Crippen molar-refractivity contribution in [2.45, 2.75) is 11.8 Å². The lowest BCUT2D eigenvalue weighted by Crippen LogP contribution is -2.48. The van der Waals surface area contributed by atoms with Crippen LogP contribution in [0.25, 0.3) is 0 Å². The fourth-order valence-corrected chi connectivity index (χ4v) is 4.46. The Bertz CT molecular complexity index is 674. The molecule has 1 aromatic carbocycles. The molecule has 5 nitrogen and oxygen atoms in total. The number of benzene rings is 1. The fourth-order valence-electron chi connectivity index (χ4n) is 2.34. The van der Waals surface area contributed by atoms with Crippen LogP contribution >= 0.6 is 15.9 Å². The Hall–Kier alpha value is -1.07. The summed E-state index contributed by atoms with van der Waals surface area (Å²) >= 11 is 3.31. The maximum atomic E-state index is 12.7. The van der Waals surface area contributed by atoms with Gasteiger partial charge in [-0.1, -0.05) is 5.92 Å². The van der Waals surface area contributed by atoms with Gasteiger partial charge in [-0.05, 0) is 40.5 Å². The van der Waals surface area contributed by atoms with E-state index >= 15 is 0 Å². The molecule has 0 aliphatic carbocycles. The van der Waals surface area contributed by atoms with Crippen LogP contribution in [0.3, 0.4) is 0 Å². The molecule has 1 aromatic rings. The first kappa shape index (κ1) is 16.3. The Morgan fingerprint density at radius 2 is 1.95 bits per heavy atom. The van der Waals surface area contributed by atoms with Crippen LogP contribution in [0.15, 0.2) is 21.5 Å². The molecular formula is C14H18BrN3O2S. The zero-order valence-electron chi connectivity index (χ0n) is 11.8. The molecule has 0 aromatic heterocycles. The minimum atomic E-state index is -3.52. The number of anilines is 1. The van der Waals surface area contributed by atoms with Gasteiger partial charge in [-0.25, -0.2) is 8.42 Å². The second-order valence-electron chi connectivity index (χ2n) is 5.02. The Kier molecular flexibility index (Phi) is 4.94. The number of nitrogen functional groups attached to an aromatic ring is 1. The molecule has 114 valence electrons. The van der Waals surface area contributed by atoms with Crippen LogP contribution in [0.5, 0.6) is 0 Å². The van der Waals surface area contributed by atoms with E-state index in [1.807, 2.05) is 0 Å². The summed E-state index contributed by atoms with van der Waals surface area (Å²) in [5, 5.41) is 0. The third kappa shape index (κ3) is 3.40. The fraction of sp³-hybridized carbons (Fsp3) is 0.429. The molecule has 2 N–H and O–H groups in total. The molecule has 0 spiro atoms. The van der Waals surface area contributed by atoms with E-state index in [0.717, 1.165) is 0 Å². The molecule has 0 amide bonds. The largest absolute Gasteiger partial charge is 0.398 e. The van der Waals surface area contributed by atoms with Gasteiger partial charge in [0.2, 0.25) is 10.0 Å². The van der Waals surface area contributed by atoms with Crippen molar-refractivity contribution in [1.82, 2.24) is 9.21 Å². The van der Waals surface area contributed by atoms with Gasteiger partial charge in [0, 0.05) is 36.3 Å². The average Bonchev–Trinajstić information content (AvgIpc) is 2.43. The highest BCUT2D eigenvalue weighted by molar-refractivity contribution is 9.10. The van der Waals surface area contributed by atoms with Crippen LogP contribution in [0.4, 0.5) is 5.69 Å². The summed E-state index contributed by atoms with van der Waals surface area (Å²) in [6.07, 6.45) is 5.28. The first-order chi connectivity index (χ1) is 9.86. The quantitative estimate of drug-likeness (QED) is 0.641. The van der Waals surface area contributed by atoms with Gasteiger partial charge in [-0.3, -0.25) is 4.90 Å². The van der Waals surface area contributed by atoms with Crippen molar-refractivity contribution >= 4 is 31.6 Å². The molecule has 7 heteroatoms. The van der Waals surface area contributed by atoms with Gasteiger partial charge in [-0.15, -0.1) is 6.42 Å². The van der Waals surface area contributed by atoms with Crippen LogP contribution in [0, 0.1) is 19.3 Å². The second kappa shape index (κ2) is 6.36. The van der Waals surface area contributed by atoms with Crippen LogP contribution in [-0.2, 0) is 10.0 Å². The molecule has 0 atom stereocenters. The van der Waals surface area contributed by atoms with E-state index in [1.54, 1.807) is 13.0 Å². The van der Waals surface area contributed by atoms with Crippen molar-refractivity contribution in [3.05, 3.63) is 22.2 Å². The van der Waals surface area contributed by atoms with Gasteiger partial charge in [-0.2, -0.15) is 4.31 Å². The maximum Gasteiger partial charge on any atom is 0.243 e. The highest BCUT2D eigenvalue weighted by Gasteiger charge is 2.29. The smallest absolute Gasteiger partial charge is 0.243 e. The Morgan fingerprint density at radius 1 is 1.33 bits per heavy atom. The number of rotatable bonds is 3. The van der Waals surface area contributed by atoms with E-state index in [-0.39, 0.29) is 4.90 Å². The lowest BCUT2D eigenvalue weighted by Gasteiger charge is -2.33. The Balaban J connectivity index is 2.24. The third-order valence-electron chi connectivity index (χ3n) is 3.56. The number of nitrogens with two attached hydrogens (primary N) is 1. The van der Waals surface area contributed by atoms with Gasteiger partial charge in [0.25, 0.3) is 0 Å². The van der Waals surface area contributed by atoms with Gasteiger partial charge < -0.3 is 5.73 Å². The highest BCUT2D eigenvalue weighted by atomic mass is 79.9. The Labute approximate surface area is 134 Å². The number of terminal acetylenes is 1. The Morgan fingerprint density at radius 3 is 2.52 bits per heavy atom. The van der Waals surface area contributed by atoms with Crippen molar-refractivity contribution in [3.63, 3.8) is 0 Å². The summed E-state index contributed by atoms with van der Waals surface area (Å²) in [7, 11) is -3.52. The van der Waals surface area contributed by atoms with Crippen LogP contribution < -0.4 is 5.73 Å². The van der Waals surface area contributed by atoms with Crippen molar-refractivity contribution in [2.24, 2.45) is 0 Å². The molecule has 0 unspecified atom stereocenters. The van der Waals surface area contributed by atoms with Crippen molar-refractivity contribution in [1.29, 1.82) is 0 Å². The SMILES string of the molecule is C#CCN1CCN(S(=O)(=O)c2cc(N)c(Br)cc2C)CC1. The van der Waals surface area contributed by atoms with E-state index < -0.39 is 10.0 Å². The van der Waals surface area contributed by atoms with Gasteiger partial charge in [0.15, 0.2) is 0 Å². The molecule has 0 bridgehead atoms. The van der Waals surface area contributed by atoms with Crippen molar-refractivity contribution < 1.29 is 8.42 Å². The summed E-state index contributed by atoms with van der Waals surface area (Å²) in [5.41, 5.74) is 6.92. The minimum absolute atomic E-state index is 0.272. The van der Waals surface area contributed by atoms with E-state index in [2.05, 4.69) is 26.8 Å². The summed E-state index contributed by atoms with van der Waals surface area (Å²) < 4.78 is 27.7. The molecule has 0 radical (unpaired) electrons. The zero-order chi connectivity index (χ0) is 15.6. The number of halogens is 1. The number of piperazine rings is 1. The molecule has 1 aliphatic rings. The second-order valence-corrected chi connectivity index (χ2v) is 7.78. The molecular weight excluding hydrogens is 354 g/mol. The first-order valence-electron chi connectivity index (χ1n) is 6.58. The topological polar surface area (TPSA) is 66.6 Å². The van der Waals surface area contributed by atoms with E-state index in [9.17, 15) is 8.42 Å². The summed E-state index contributed by atoms with van der Waals surface area (Å²) in [5.74, 6) is 2.58. The van der Waals surface area contributed by atoms with Gasteiger partial charge in [0.05, 0.1) is 11.4 Å². The predicted octanol–water partition coefficient (Wildman–Crippen LogP) is 1.28. The normalized spacial score (nSPS) is 17.6. The van der Waals surface area contributed by atoms with Gasteiger partial charge >= 0.3 is 0 Å². The lowest BCUT2D eigenvalue weighted by molar-refractivity contribution is 0.207. The number of hydrogen-bond acceptors (Lipinski definition) is 4. The van der Waals surface area contributed by atoms with Crippen LogP contribution in [0.2, 0.25) is 0 Å². The highest BCUT2D eigenvalue weighted by Crippen LogP contribution is 2.28. The molecule has 1 heterocycles. The molecule has 2 rings (SSSR count). The molecule has 1 aliphatic heterocycles. The van der Waals surface area contributed by atoms with E-state index in [0.29, 0.717) is 48.4 Å². The summed E-state index contributed by atoms with van der Waals surface area (Å²) in [4.78, 5) is 2.34. The first-order valence-corrected chi connectivity index (χ1v) is 8.81. The third-order valence-corrected chi connectivity index (χ3v) is 6.29. The predicted molar refractivity (Wildman–Crippen MR) is 87.3 cm³/mol. The number of hydrogen-bond donors (Lipinski definition) is 1. The van der Waals surface area contributed by atoms with Crippen LogP contribution in [0.1, 0.15) is 5.56 Å². The molecule has 0 saturated carbocycles. The van der Waals surface area contributed by atoms with Gasteiger partial charge in [0.1, 0.15) is 0 Å². The summed E-state index contributed by atoms with van der Waals surface area (Å²) in [6, 6.07) is 3.25. The molecule has 21 heavy (non-hydrogen) atoms. The molecule has 1 saturated heterocycles. The van der Waals surface area contributed by atoms with Crippen molar-refractivity contribution in [2.75, 3.05) is 38.5 Å². The maximum absolute atomic E-state index is 12.7. The monoisotopic (exact) mass is 371 g/mol. The number of sulfonamides is 1. The van der Waals surface area contributed by atoms with E-state index in [4.69, 9.17) is 12.2 Å². The average molecular weight is 372 g/mol. The zero-order valence-corrected chi connectivity index (χ0v) is 14.2.